The molecule has 1 aromatic heterocycles. The molecule has 1 aliphatic rings. The summed E-state index contributed by atoms with van der Waals surface area (Å²) in [5.41, 5.74) is 0.613. The molecule has 0 saturated carbocycles. The quantitative estimate of drug-likeness (QED) is 0.0370. The number of ether oxygens (including phenoxy) is 4. The van der Waals surface area contributed by atoms with Crippen LogP contribution in [0.15, 0.2) is 6.20 Å². The van der Waals surface area contributed by atoms with Crippen LogP contribution in [-0.2, 0) is 54.1 Å². The second kappa shape index (κ2) is 41.4. The first kappa shape index (κ1) is 63.0. The monoisotopic (exact) mass is 1000 g/mol. The van der Waals surface area contributed by atoms with Gasteiger partial charge in [0.05, 0.1) is 18.2 Å². The third-order valence-corrected chi connectivity index (χ3v) is 13.5. The largest absolute Gasteiger partial charge is 0.466 e. The van der Waals surface area contributed by atoms with E-state index in [4.69, 9.17) is 18.9 Å². The Hall–Kier alpha value is -4.08. The summed E-state index contributed by atoms with van der Waals surface area (Å²) >= 11 is 0. The molecule has 1 fully saturated rings. The lowest BCUT2D eigenvalue weighted by atomic mass is 9.97. The molecule has 0 aromatic carbocycles. The van der Waals surface area contributed by atoms with Gasteiger partial charge in [0.1, 0.15) is 19.3 Å². The van der Waals surface area contributed by atoms with E-state index >= 15 is 0 Å². The lowest BCUT2D eigenvalue weighted by Gasteiger charge is -2.32. The van der Waals surface area contributed by atoms with Crippen LogP contribution in [0.25, 0.3) is 0 Å². The minimum atomic E-state index is -0.937. The predicted molar refractivity (Wildman–Crippen MR) is 277 cm³/mol. The van der Waals surface area contributed by atoms with E-state index in [2.05, 4.69) is 34.4 Å². The molecule has 1 saturated heterocycles. The van der Waals surface area contributed by atoms with Gasteiger partial charge in [0, 0.05) is 58.1 Å². The van der Waals surface area contributed by atoms with Gasteiger partial charge < -0.3 is 34.1 Å². The molecule has 16 heteroatoms. The highest BCUT2D eigenvalue weighted by atomic mass is 16.6. The average molecular weight is 1000 g/mol. The smallest absolute Gasteiger partial charge is 0.330 e. The highest BCUT2D eigenvalue weighted by Gasteiger charge is 2.27. The van der Waals surface area contributed by atoms with Crippen LogP contribution >= 0.6 is 0 Å². The van der Waals surface area contributed by atoms with E-state index in [9.17, 15) is 28.8 Å². The van der Waals surface area contributed by atoms with Gasteiger partial charge in [-0.1, -0.05) is 154 Å². The van der Waals surface area contributed by atoms with Gasteiger partial charge in [-0.15, -0.1) is 5.10 Å². The number of hydrogen-bond acceptors (Lipinski definition) is 13. The lowest BCUT2D eigenvalue weighted by Crippen LogP contribution is -2.44. The van der Waals surface area contributed by atoms with Gasteiger partial charge in [-0.3, -0.25) is 24.0 Å². The molecule has 2 heterocycles. The summed E-state index contributed by atoms with van der Waals surface area (Å²) in [7, 11) is 0. The molecule has 0 aliphatic carbocycles. The van der Waals surface area contributed by atoms with Gasteiger partial charge in [-0.25, -0.2) is 9.48 Å². The van der Waals surface area contributed by atoms with Crippen LogP contribution in [0.1, 0.15) is 233 Å². The minimum Gasteiger partial charge on any atom is -0.466 e. The zero-order valence-electron chi connectivity index (χ0n) is 45.2. The molecule has 1 N–H and O–H groups in total. The van der Waals surface area contributed by atoms with Crippen molar-refractivity contribution in [3.05, 3.63) is 11.9 Å². The number of aryl methyl sites for hydroxylation is 1. The van der Waals surface area contributed by atoms with Crippen molar-refractivity contribution in [2.24, 2.45) is 5.92 Å². The third kappa shape index (κ3) is 31.2. The SMILES string of the molecule is CCCCCCCCCCCCCC(=O)OCC(COC(=O)C(C)n1cc(CCCC(=O)NCCN(CCN2CCC(C(=O)OCC)CC2)C(=O)CC)nn1)OC(=O)CCCCCCCCCCCCC. The summed E-state index contributed by atoms with van der Waals surface area (Å²) in [6.07, 6.45) is 30.2. The van der Waals surface area contributed by atoms with Crippen molar-refractivity contribution < 1.29 is 47.7 Å². The van der Waals surface area contributed by atoms with Gasteiger partial charge in [0.2, 0.25) is 11.8 Å². The second-order valence-electron chi connectivity index (χ2n) is 19.7. The second-order valence-corrected chi connectivity index (χ2v) is 19.7. The Kier molecular flexibility index (Phi) is 36.8. The Bertz CT molecular complexity index is 1580. The fourth-order valence-corrected chi connectivity index (χ4v) is 8.86. The highest BCUT2D eigenvalue weighted by molar-refractivity contribution is 5.77. The van der Waals surface area contributed by atoms with E-state index in [0.29, 0.717) is 64.2 Å². The van der Waals surface area contributed by atoms with Crippen LogP contribution < -0.4 is 5.32 Å². The summed E-state index contributed by atoms with van der Waals surface area (Å²) < 4.78 is 23.4. The molecule has 0 radical (unpaired) electrons. The van der Waals surface area contributed by atoms with Crippen LogP contribution in [0, 0.1) is 5.92 Å². The molecule has 0 spiro atoms. The Labute approximate surface area is 428 Å². The van der Waals surface area contributed by atoms with Crippen LogP contribution in [-0.4, -0.2) is 126 Å². The maximum atomic E-state index is 13.2. The molecule has 2 unspecified atom stereocenters. The summed E-state index contributed by atoms with van der Waals surface area (Å²) in [4.78, 5) is 80.4. The number of likely N-dealkylation sites (tertiary alicyclic amines) is 1. The zero-order chi connectivity index (χ0) is 51.7. The number of nitrogens with one attached hydrogen (secondary N) is 1. The van der Waals surface area contributed by atoms with Crippen molar-refractivity contribution in [1.29, 1.82) is 0 Å². The number of nitrogens with zero attached hydrogens (tertiary/aromatic N) is 5. The Balaban J connectivity index is 1.77. The fourth-order valence-electron chi connectivity index (χ4n) is 8.86. The van der Waals surface area contributed by atoms with E-state index in [1.54, 1.807) is 18.0 Å². The summed E-state index contributed by atoms with van der Waals surface area (Å²) in [5, 5.41) is 11.3. The molecule has 2 rings (SSSR count). The van der Waals surface area contributed by atoms with Gasteiger partial charge in [0.25, 0.3) is 0 Å². The summed E-state index contributed by atoms with van der Waals surface area (Å²) in [5.74, 6) is -1.66. The number of rotatable bonds is 44. The predicted octanol–water partition coefficient (Wildman–Crippen LogP) is 10.2. The van der Waals surface area contributed by atoms with E-state index < -0.39 is 24.1 Å². The third-order valence-electron chi connectivity index (χ3n) is 13.5. The van der Waals surface area contributed by atoms with Crippen molar-refractivity contribution in [3.63, 3.8) is 0 Å². The molecule has 408 valence electrons. The molecular weight excluding hydrogens is 905 g/mol. The van der Waals surface area contributed by atoms with Crippen LogP contribution in [0.2, 0.25) is 0 Å². The average Bonchev–Trinajstić information content (AvgIpc) is 3.85. The number of aromatic nitrogens is 3. The molecule has 1 aromatic rings. The summed E-state index contributed by atoms with van der Waals surface area (Å²) in [6.45, 7) is 13.2. The molecule has 0 bridgehead atoms. The van der Waals surface area contributed by atoms with Gasteiger partial charge in [-0.05, 0) is 65.5 Å². The van der Waals surface area contributed by atoms with E-state index in [1.165, 1.54) is 101 Å². The number of unbranched alkanes of at least 4 members (excludes halogenated alkanes) is 20. The number of amides is 2. The zero-order valence-corrected chi connectivity index (χ0v) is 45.2. The van der Waals surface area contributed by atoms with Crippen molar-refractivity contribution in [2.75, 3.05) is 59.1 Å². The Morgan fingerprint density at radius 3 is 1.75 bits per heavy atom. The van der Waals surface area contributed by atoms with E-state index in [-0.39, 0.29) is 62.1 Å². The fraction of sp³-hybridized carbons (Fsp3) is 0.855. The molecule has 16 nitrogen and oxygen atoms in total. The number of piperidine rings is 1. The molecule has 2 amide bonds. The lowest BCUT2D eigenvalue weighted by molar-refractivity contribution is -0.168. The Morgan fingerprint density at radius 2 is 1.20 bits per heavy atom. The first-order chi connectivity index (χ1) is 34.5. The maximum Gasteiger partial charge on any atom is 0.330 e. The normalized spacial score (nSPS) is 13.9. The van der Waals surface area contributed by atoms with Crippen LogP contribution in [0.4, 0.5) is 0 Å². The van der Waals surface area contributed by atoms with Crippen molar-refractivity contribution in [3.8, 4) is 0 Å². The molecule has 71 heavy (non-hydrogen) atoms. The molecule has 1 aliphatic heterocycles. The standard InChI is InChI=1S/C55H98N6O10/c1-6-10-12-14-16-18-20-22-24-26-28-33-52(64)69-44-49(71-53(65)34-29-27-25-23-21-19-17-15-13-11-7-2)45-70-54(66)46(5)61-43-48(57-58-61)31-30-32-50(62)56-37-40-60(51(63)8-3)42-41-59-38-35-47(36-39-59)55(67)68-9-4/h43,46-47,49H,6-42,44-45H2,1-5H3,(H,56,62). The summed E-state index contributed by atoms with van der Waals surface area (Å²) in [6, 6.07) is -0.832. The van der Waals surface area contributed by atoms with Crippen LogP contribution in [0.3, 0.4) is 0 Å². The van der Waals surface area contributed by atoms with Crippen LogP contribution in [0.5, 0.6) is 0 Å². The molecule has 2 atom stereocenters. The van der Waals surface area contributed by atoms with Gasteiger partial charge in [0.15, 0.2) is 6.10 Å². The first-order valence-electron chi connectivity index (χ1n) is 28.4. The van der Waals surface area contributed by atoms with E-state index in [0.717, 1.165) is 64.5 Å². The van der Waals surface area contributed by atoms with Crippen molar-refractivity contribution in [2.45, 2.75) is 239 Å². The highest BCUT2D eigenvalue weighted by Crippen LogP contribution is 2.19. The number of carbonyl (C=O) groups is 6. The van der Waals surface area contributed by atoms with Crippen molar-refractivity contribution in [1.82, 2.24) is 30.1 Å². The van der Waals surface area contributed by atoms with Gasteiger partial charge in [-0.2, -0.15) is 0 Å². The number of hydrogen-bond donors (Lipinski definition) is 1. The number of esters is 4. The molecular formula is C55H98N6O10. The van der Waals surface area contributed by atoms with E-state index in [1.807, 2.05) is 13.8 Å². The topological polar surface area (TPSA) is 189 Å². The maximum absolute atomic E-state index is 13.2. The Morgan fingerprint density at radius 1 is 0.662 bits per heavy atom. The minimum absolute atomic E-state index is 0.0286. The van der Waals surface area contributed by atoms with Crippen molar-refractivity contribution >= 4 is 35.7 Å². The van der Waals surface area contributed by atoms with Gasteiger partial charge >= 0.3 is 23.9 Å². The first-order valence-corrected chi connectivity index (χ1v) is 28.4. The number of carbonyl (C=O) groups excluding carboxylic acids is 6.